The van der Waals surface area contributed by atoms with Crippen molar-refractivity contribution >= 4 is 17.7 Å². The Morgan fingerprint density at radius 1 is 0.796 bits per heavy atom. The predicted octanol–water partition coefficient (Wildman–Crippen LogP) is 8.73. The number of esters is 1. The quantitative estimate of drug-likeness (QED) is 0.310. The van der Waals surface area contributed by atoms with Gasteiger partial charge in [0.15, 0.2) is 11.9 Å². The van der Waals surface area contributed by atoms with E-state index in [0.717, 1.165) is 43.2 Å². The molecule has 0 heterocycles. The van der Waals surface area contributed by atoms with Crippen LogP contribution in [0.2, 0.25) is 0 Å². The second-order valence-corrected chi connectivity index (χ2v) is 18.0. The van der Waals surface area contributed by atoms with Gasteiger partial charge in [0.2, 0.25) is 0 Å². The fraction of sp³-hybridized carbons (Fsp3) is 0.605. The largest absolute Gasteiger partial charge is 0.481 e. The van der Waals surface area contributed by atoms with Crippen molar-refractivity contribution in [3.63, 3.8) is 0 Å². The monoisotopic (exact) mass is 666 g/mol. The highest BCUT2D eigenvalue weighted by Gasteiger charge is 2.71. The van der Waals surface area contributed by atoms with Gasteiger partial charge in [-0.3, -0.25) is 14.4 Å². The molecule has 0 aliphatic heterocycles. The third-order valence-electron chi connectivity index (χ3n) is 15.6. The number of carboxylic acid groups (broad SMARTS) is 1. The topological polar surface area (TPSA) is 101 Å². The van der Waals surface area contributed by atoms with E-state index >= 15 is 0 Å². The molecule has 0 saturated heterocycles. The average molecular weight is 667 g/mol. The van der Waals surface area contributed by atoms with Crippen LogP contribution in [-0.2, 0) is 19.1 Å². The van der Waals surface area contributed by atoms with Gasteiger partial charge in [0.25, 0.3) is 0 Å². The van der Waals surface area contributed by atoms with Gasteiger partial charge in [-0.2, -0.15) is 0 Å². The second kappa shape index (κ2) is 11.4. The zero-order valence-electron chi connectivity index (χ0n) is 30.1. The first-order valence-corrected chi connectivity index (χ1v) is 18.5. The zero-order chi connectivity index (χ0) is 35.2. The number of ketones is 1. The molecule has 0 bridgehead atoms. The number of fused-ring (bicyclic) bond motifs is 7. The molecule has 6 nitrogen and oxygen atoms in total. The number of allylic oxidation sites excluding steroid dienone is 2. The Balaban J connectivity index is 1.23. The van der Waals surface area contributed by atoms with Crippen molar-refractivity contribution in [3.05, 3.63) is 83.4 Å². The highest BCUT2D eigenvalue weighted by molar-refractivity contribution is 5.96. The first-order chi connectivity index (χ1) is 23.0. The van der Waals surface area contributed by atoms with Crippen LogP contribution in [0.5, 0.6) is 0 Å². The number of aliphatic hydroxyl groups is 1. The van der Waals surface area contributed by atoms with E-state index in [0.29, 0.717) is 25.7 Å². The van der Waals surface area contributed by atoms with Crippen LogP contribution in [0, 0.1) is 50.2 Å². The van der Waals surface area contributed by atoms with Crippen LogP contribution in [0.1, 0.15) is 117 Å². The van der Waals surface area contributed by atoms with Crippen molar-refractivity contribution in [2.24, 2.45) is 50.2 Å². The maximum atomic E-state index is 14.7. The molecule has 0 unspecified atom stereocenters. The van der Waals surface area contributed by atoms with Gasteiger partial charge in [0, 0.05) is 5.92 Å². The summed E-state index contributed by atoms with van der Waals surface area (Å²) in [5.41, 5.74) is -0.0943. The molecule has 6 heteroatoms. The number of aliphatic carboxylic acids is 1. The lowest BCUT2D eigenvalue weighted by molar-refractivity contribution is -0.215. The number of hydrogen-bond acceptors (Lipinski definition) is 5. The molecule has 0 radical (unpaired) electrons. The molecule has 262 valence electrons. The molecule has 10 atom stereocenters. The molecule has 0 aromatic heterocycles. The summed E-state index contributed by atoms with van der Waals surface area (Å²) < 4.78 is 6.49. The summed E-state index contributed by atoms with van der Waals surface area (Å²) in [6, 6.07) is 19.9. The van der Waals surface area contributed by atoms with E-state index in [1.807, 2.05) is 66.7 Å². The first-order valence-electron chi connectivity index (χ1n) is 18.5. The number of ether oxygens (including phenoxy) is 1. The van der Waals surface area contributed by atoms with Crippen LogP contribution < -0.4 is 0 Å². The van der Waals surface area contributed by atoms with Crippen LogP contribution in [0.25, 0.3) is 0 Å². The Kier molecular flexibility index (Phi) is 7.95. The van der Waals surface area contributed by atoms with Crippen molar-refractivity contribution in [1.82, 2.24) is 0 Å². The van der Waals surface area contributed by atoms with E-state index in [4.69, 9.17) is 4.74 Å². The fourth-order valence-corrected chi connectivity index (χ4v) is 12.2. The van der Waals surface area contributed by atoms with Gasteiger partial charge in [-0.15, -0.1) is 0 Å². The fourth-order valence-electron chi connectivity index (χ4n) is 12.2. The average Bonchev–Trinajstić information content (AvgIpc) is 3.07. The molecule has 0 amide bonds. The maximum absolute atomic E-state index is 14.7. The van der Waals surface area contributed by atoms with Gasteiger partial charge < -0.3 is 14.9 Å². The van der Waals surface area contributed by atoms with Crippen LogP contribution in [0.4, 0.5) is 0 Å². The van der Waals surface area contributed by atoms with Crippen molar-refractivity contribution < 1.29 is 29.3 Å². The van der Waals surface area contributed by atoms with E-state index in [-0.39, 0.29) is 45.8 Å². The molecule has 5 aliphatic rings. The number of rotatable bonds is 5. The molecule has 2 N–H and O–H groups in total. The van der Waals surface area contributed by atoms with Crippen LogP contribution in [-0.4, -0.2) is 34.0 Å². The Morgan fingerprint density at radius 3 is 1.98 bits per heavy atom. The van der Waals surface area contributed by atoms with Crippen LogP contribution >= 0.6 is 0 Å². The van der Waals surface area contributed by atoms with Gasteiger partial charge in [-0.25, -0.2) is 0 Å². The number of benzene rings is 2. The second-order valence-electron chi connectivity index (χ2n) is 18.0. The molecule has 49 heavy (non-hydrogen) atoms. The van der Waals surface area contributed by atoms with E-state index in [1.54, 1.807) is 6.92 Å². The van der Waals surface area contributed by atoms with Crippen molar-refractivity contribution in [2.75, 3.05) is 0 Å². The summed E-state index contributed by atoms with van der Waals surface area (Å²) >= 11 is 0. The zero-order valence-corrected chi connectivity index (χ0v) is 30.1. The van der Waals surface area contributed by atoms with E-state index < -0.39 is 34.4 Å². The van der Waals surface area contributed by atoms with E-state index in [9.17, 15) is 24.6 Å². The summed E-state index contributed by atoms with van der Waals surface area (Å²) in [6.07, 6.45) is 7.22. The van der Waals surface area contributed by atoms with Crippen LogP contribution in [0.15, 0.2) is 72.3 Å². The molecule has 4 fully saturated rings. The normalized spacial score (nSPS) is 42.9. The smallest absolute Gasteiger partial charge is 0.312 e. The Hall–Kier alpha value is -3.25. The Labute approximate surface area is 291 Å². The SMILES string of the molecule is C[C@]1(C(=O)OC(c2ccccc2)c2ccccc2)CC[C@]2(C)CC[C@]3(C)C(=CC(=O)[C@@H]4[C@@]5(C)CC[C@H](O)[C@@](C)(C(=O)O)[C@@H]5CC[C@@]43C)[C@@H]2C1. The number of hydrogen-bond donors (Lipinski definition) is 2. The molecule has 7 rings (SSSR count). The summed E-state index contributed by atoms with van der Waals surface area (Å²) in [4.78, 5) is 41.9. The molecule has 0 spiro atoms. The van der Waals surface area contributed by atoms with Gasteiger partial charge in [0.05, 0.1) is 16.9 Å². The standard InChI is InChI=1S/C43H54O6/c1-38-21-22-39(2,37(48)49-34(27-13-9-7-10-14-27)28-15-11-8-12-16-28)26-30(38)29-25-31(44)35-40(3)19-18-33(45)43(6,36(46)47)32(40)17-20-42(35,5)41(29,4)24-23-38/h7-16,25,30,32-35,45H,17-24,26H2,1-6H3,(H,46,47)/t30-,32+,33-,35+,38+,39-,40-,41+,42-,43-/m0/s1. The van der Waals surface area contributed by atoms with Gasteiger partial charge in [-0.1, -0.05) is 93.9 Å². The third-order valence-corrected chi connectivity index (χ3v) is 15.6. The molecule has 2 aromatic rings. The van der Waals surface area contributed by atoms with E-state index in [1.165, 1.54) is 5.57 Å². The van der Waals surface area contributed by atoms with E-state index in [2.05, 4.69) is 34.6 Å². The van der Waals surface area contributed by atoms with Crippen molar-refractivity contribution in [2.45, 2.75) is 112 Å². The highest BCUT2D eigenvalue weighted by Crippen LogP contribution is 2.75. The molecular weight excluding hydrogens is 612 g/mol. The lowest BCUT2D eigenvalue weighted by Crippen LogP contribution is -2.68. The number of aliphatic hydroxyl groups excluding tert-OH is 1. The van der Waals surface area contributed by atoms with Gasteiger partial charge >= 0.3 is 11.9 Å². The third kappa shape index (κ3) is 4.78. The van der Waals surface area contributed by atoms with Crippen molar-refractivity contribution in [3.8, 4) is 0 Å². The Bertz CT molecular complexity index is 1640. The Morgan fingerprint density at radius 2 is 1.39 bits per heavy atom. The maximum Gasteiger partial charge on any atom is 0.312 e. The van der Waals surface area contributed by atoms with Gasteiger partial charge in [0.1, 0.15) is 0 Å². The molecular formula is C43H54O6. The van der Waals surface area contributed by atoms with Crippen molar-refractivity contribution in [1.29, 1.82) is 0 Å². The minimum absolute atomic E-state index is 0.0230. The summed E-state index contributed by atoms with van der Waals surface area (Å²) in [5.74, 6) is -1.58. The number of carboxylic acids is 1. The van der Waals surface area contributed by atoms with Crippen LogP contribution in [0.3, 0.4) is 0 Å². The number of carbonyl (C=O) groups is 3. The lowest BCUT2D eigenvalue weighted by atomic mass is 9.33. The summed E-state index contributed by atoms with van der Waals surface area (Å²) in [7, 11) is 0. The number of carbonyl (C=O) groups excluding carboxylic acids is 2. The minimum Gasteiger partial charge on any atom is -0.481 e. The lowest BCUT2D eigenvalue weighted by Gasteiger charge is -2.70. The highest BCUT2D eigenvalue weighted by atomic mass is 16.5. The summed E-state index contributed by atoms with van der Waals surface area (Å²) in [5, 5.41) is 21.5. The summed E-state index contributed by atoms with van der Waals surface area (Å²) in [6.45, 7) is 12.9. The molecule has 4 saturated carbocycles. The van der Waals surface area contributed by atoms with Gasteiger partial charge in [-0.05, 0) is 122 Å². The molecule has 2 aromatic carbocycles. The molecule has 5 aliphatic carbocycles. The predicted molar refractivity (Wildman–Crippen MR) is 188 cm³/mol. The first kappa shape index (κ1) is 34.2. The minimum atomic E-state index is -1.28.